The monoisotopic (exact) mass is 269 g/mol. The summed E-state index contributed by atoms with van der Waals surface area (Å²) in [4.78, 5) is 12.9. The first kappa shape index (κ1) is 14.3. The summed E-state index contributed by atoms with van der Waals surface area (Å²) in [7, 11) is 0. The van der Waals surface area contributed by atoms with Gasteiger partial charge in [-0.05, 0) is 37.1 Å². The molecule has 1 aromatic rings. The van der Waals surface area contributed by atoms with Crippen LogP contribution in [0.25, 0.3) is 0 Å². The smallest absolute Gasteiger partial charge is 0.326 e. The van der Waals surface area contributed by atoms with Crippen molar-refractivity contribution in [2.75, 3.05) is 11.4 Å². The maximum Gasteiger partial charge on any atom is 0.326 e. The Morgan fingerprint density at radius 1 is 1.39 bits per heavy atom. The molecule has 1 atom stereocenters. The van der Waals surface area contributed by atoms with Crippen LogP contribution in [0.2, 0.25) is 0 Å². The molecule has 1 aromatic carbocycles. The molecule has 6 heteroatoms. The Hall–Kier alpha value is -1.75. The fraction of sp³-hybridized carbons (Fsp3) is 0.333. The number of nitrogens with two attached hydrogens (primary N) is 1. The molecule has 1 unspecified atom stereocenters. The third kappa shape index (κ3) is 2.73. The van der Waals surface area contributed by atoms with Gasteiger partial charge in [0, 0.05) is 17.8 Å². The quantitative estimate of drug-likeness (QED) is 0.572. The molecule has 5 nitrogen and oxygen atoms in total. The third-order valence-corrected chi connectivity index (χ3v) is 3.05. The van der Waals surface area contributed by atoms with Crippen molar-refractivity contribution in [2.45, 2.75) is 18.9 Å². The minimum absolute atomic E-state index is 0. The SMILES string of the molecule is Cl.N=C(N)c1ccc(N2CCCC2C(=O)O)cc1. The van der Waals surface area contributed by atoms with Gasteiger partial charge in [0.05, 0.1) is 0 Å². The standard InChI is InChI=1S/C12H15N3O2.ClH/c13-11(14)8-3-5-9(6-4-8)15-7-1-2-10(15)12(16)17;/h3-6,10H,1-2,7H2,(H3,13,14)(H,16,17);1H. The first-order valence-electron chi connectivity index (χ1n) is 5.53. The second kappa shape index (κ2) is 5.73. The van der Waals surface area contributed by atoms with Crippen LogP contribution in [0.1, 0.15) is 18.4 Å². The van der Waals surface area contributed by atoms with E-state index in [1.165, 1.54) is 0 Å². The second-order valence-corrected chi connectivity index (χ2v) is 4.15. The Morgan fingerprint density at radius 3 is 2.50 bits per heavy atom. The zero-order chi connectivity index (χ0) is 12.4. The molecule has 0 bridgehead atoms. The van der Waals surface area contributed by atoms with Crippen molar-refractivity contribution in [1.29, 1.82) is 5.41 Å². The molecule has 0 aliphatic carbocycles. The van der Waals surface area contributed by atoms with E-state index >= 15 is 0 Å². The molecule has 1 aliphatic heterocycles. The van der Waals surface area contributed by atoms with Crippen LogP contribution in [0.3, 0.4) is 0 Å². The van der Waals surface area contributed by atoms with Gasteiger partial charge in [0.25, 0.3) is 0 Å². The van der Waals surface area contributed by atoms with Crippen LogP contribution in [-0.4, -0.2) is 29.5 Å². The predicted octanol–water partition coefficient (Wildman–Crippen LogP) is 1.45. The number of carboxylic acids is 1. The van der Waals surface area contributed by atoms with Crippen LogP contribution in [0.15, 0.2) is 24.3 Å². The molecule has 0 amide bonds. The van der Waals surface area contributed by atoms with E-state index in [4.69, 9.17) is 16.2 Å². The van der Waals surface area contributed by atoms with Gasteiger partial charge in [0.2, 0.25) is 0 Å². The van der Waals surface area contributed by atoms with E-state index in [0.29, 0.717) is 12.0 Å². The van der Waals surface area contributed by atoms with Crippen LogP contribution in [-0.2, 0) is 4.79 Å². The van der Waals surface area contributed by atoms with E-state index in [1.54, 1.807) is 12.1 Å². The molecule has 0 aromatic heterocycles. The number of nitrogens with one attached hydrogen (secondary N) is 1. The number of hydrogen-bond donors (Lipinski definition) is 3. The van der Waals surface area contributed by atoms with Crippen molar-refractivity contribution < 1.29 is 9.90 Å². The summed E-state index contributed by atoms with van der Waals surface area (Å²) >= 11 is 0. The summed E-state index contributed by atoms with van der Waals surface area (Å²) in [6.07, 6.45) is 1.58. The van der Waals surface area contributed by atoms with Crippen LogP contribution < -0.4 is 10.6 Å². The predicted molar refractivity (Wildman–Crippen MR) is 72.7 cm³/mol. The van der Waals surface area contributed by atoms with Crippen molar-refractivity contribution in [3.63, 3.8) is 0 Å². The van der Waals surface area contributed by atoms with Crippen molar-refractivity contribution in [1.82, 2.24) is 0 Å². The van der Waals surface area contributed by atoms with Gasteiger partial charge >= 0.3 is 5.97 Å². The van der Waals surface area contributed by atoms with Gasteiger partial charge in [-0.15, -0.1) is 12.4 Å². The highest BCUT2D eigenvalue weighted by Crippen LogP contribution is 2.25. The zero-order valence-corrected chi connectivity index (χ0v) is 10.6. The first-order valence-corrected chi connectivity index (χ1v) is 5.53. The molecule has 1 aliphatic rings. The van der Waals surface area contributed by atoms with Crippen LogP contribution in [0, 0.1) is 5.41 Å². The third-order valence-electron chi connectivity index (χ3n) is 3.05. The van der Waals surface area contributed by atoms with Gasteiger partial charge in [-0.3, -0.25) is 5.41 Å². The molecule has 0 spiro atoms. The lowest BCUT2D eigenvalue weighted by atomic mass is 10.1. The number of carboxylic acid groups (broad SMARTS) is 1. The van der Waals surface area contributed by atoms with E-state index in [2.05, 4.69) is 0 Å². The Balaban J connectivity index is 0.00000162. The maximum absolute atomic E-state index is 11.1. The number of anilines is 1. The van der Waals surface area contributed by atoms with E-state index in [9.17, 15) is 4.79 Å². The van der Waals surface area contributed by atoms with E-state index in [-0.39, 0.29) is 18.2 Å². The fourth-order valence-corrected chi connectivity index (χ4v) is 2.16. The van der Waals surface area contributed by atoms with Crippen molar-refractivity contribution in [3.8, 4) is 0 Å². The molecule has 0 saturated carbocycles. The molecule has 1 heterocycles. The lowest BCUT2D eigenvalue weighted by Crippen LogP contribution is -2.35. The highest BCUT2D eigenvalue weighted by molar-refractivity contribution is 5.95. The number of nitrogen functional groups attached to an aromatic ring is 1. The van der Waals surface area contributed by atoms with Crippen LogP contribution >= 0.6 is 12.4 Å². The number of hydrogen-bond acceptors (Lipinski definition) is 3. The summed E-state index contributed by atoms with van der Waals surface area (Å²) < 4.78 is 0. The Labute approximate surface area is 112 Å². The molecule has 0 radical (unpaired) electrons. The number of rotatable bonds is 3. The highest BCUT2D eigenvalue weighted by Gasteiger charge is 2.30. The van der Waals surface area contributed by atoms with E-state index in [1.807, 2.05) is 17.0 Å². The van der Waals surface area contributed by atoms with Gasteiger partial charge in [-0.2, -0.15) is 0 Å². The summed E-state index contributed by atoms with van der Waals surface area (Å²) in [5, 5.41) is 16.4. The van der Waals surface area contributed by atoms with Gasteiger partial charge in [-0.1, -0.05) is 0 Å². The summed E-state index contributed by atoms with van der Waals surface area (Å²) in [6.45, 7) is 0.760. The highest BCUT2D eigenvalue weighted by atomic mass is 35.5. The molecular formula is C12H16ClN3O2. The number of nitrogens with zero attached hydrogens (tertiary/aromatic N) is 1. The molecule has 2 rings (SSSR count). The summed E-state index contributed by atoms with van der Waals surface area (Å²) in [5.74, 6) is -0.758. The molecule has 4 N–H and O–H groups in total. The summed E-state index contributed by atoms with van der Waals surface area (Å²) in [6, 6.07) is 6.69. The molecule has 18 heavy (non-hydrogen) atoms. The first-order chi connectivity index (χ1) is 8.09. The van der Waals surface area contributed by atoms with Crippen molar-refractivity contribution in [2.24, 2.45) is 5.73 Å². The van der Waals surface area contributed by atoms with E-state index in [0.717, 1.165) is 18.7 Å². The van der Waals surface area contributed by atoms with Gasteiger partial charge in [0.1, 0.15) is 11.9 Å². The van der Waals surface area contributed by atoms with Gasteiger partial charge < -0.3 is 15.7 Å². The number of halogens is 1. The number of benzene rings is 1. The average Bonchev–Trinajstić information content (AvgIpc) is 2.78. The minimum atomic E-state index is -0.779. The van der Waals surface area contributed by atoms with Gasteiger partial charge in [-0.25, -0.2) is 4.79 Å². The molecule has 1 fully saturated rings. The largest absolute Gasteiger partial charge is 0.480 e. The molecule has 1 saturated heterocycles. The Bertz CT molecular complexity index is 447. The molecular weight excluding hydrogens is 254 g/mol. The average molecular weight is 270 g/mol. The molecule has 98 valence electrons. The van der Waals surface area contributed by atoms with Crippen molar-refractivity contribution in [3.05, 3.63) is 29.8 Å². The Kier molecular flexibility index (Phi) is 4.55. The normalized spacial score (nSPS) is 18.2. The fourth-order valence-electron chi connectivity index (χ4n) is 2.16. The number of carbonyl (C=O) groups is 1. The lowest BCUT2D eigenvalue weighted by Gasteiger charge is -2.23. The second-order valence-electron chi connectivity index (χ2n) is 4.15. The topological polar surface area (TPSA) is 90.4 Å². The van der Waals surface area contributed by atoms with Gasteiger partial charge in [0.15, 0.2) is 0 Å². The zero-order valence-electron chi connectivity index (χ0n) is 9.80. The van der Waals surface area contributed by atoms with Crippen LogP contribution in [0.5, 0.6) is 0 Å². The number of aliphatic carboxylic acids is 1. The summed E-state index contributed by atoms with van der Waals surface area (Å²) in [5.41, 5.74) is 6.90. The lowest BCUT2D eigenvalue weighted by molar-refractivity contribution is -0.138. The number of amidine groups is 1. The van der Waals surface area contributed by atoms with Crippen molar-refractivity contribution >= 4 is 29.9 Å². The maximum atomic E-state index is 11.1. The van der Waals surface area contributed by atoms with E-state index < -0.39 is 12.0 Å². The Morgan fingerprint density at radius 2 is 2.00 bits per heavy atom. The van der Waals surface area contributed by atoms with Crippen LogP contribution in [0.4, 0.5) is 5.69 Å². The minimum Gasteiger partial charge on any atom is -0.480 e.